The van der Waals surface area contributed by atoms with Crippen molar-refractivity contribution in [1.82, 2.24) is 10.2 Å². The number of amides is 1. The van der Waals surface area contributed by atoms with Gasteiger partial charge < -0.3 is 15.2 Å². The molecule has 0 bridgehead atoms. The standard InChI is InChI=1S/C12H22N2O4/c1-3-4-9(2)13-11(15)8-14-5-6-18-10(7-14)12(16)17/h9-10H,3-8H2,1-2H3,(H,13,15)(H,16,17). The molecule has 0 spiro atoms. The van der Waals surface area contributed by atoms with Crippen molar-refractivity contribution in [3.8, 4) is 0 Å². The molecule has 0 aromatic carbocycles. The number of nitrogens with zero attached hydrogens (tertiary/aromatic N) is 1. The van der Waals surface area contributed by atoms with Crippen LogP contribution >= 0.6 is 0 Å². The molecule has 2 N–H and O–H groups in total. The van der Waals surface area contributed by atoms with E-state index in [0.717, 1.165) is 12.8 Å². The van der Waals surface area contributed by atoms with Gasteiger partial charge in [-0.3, -0.25) is 9.69 Å². The number of morpholine rings is 1. The minimum Gasteiger partial charge on any atom is -0.479 e. The normalized spacial score (nSPS) is 22.4. The van der Waals surface area contributed by atoms with Crippen LogP contribution in [0, 0.1) is 0 Å². The van der Waals surface area contributed by atoms with Gasteiger partial charge in [0, 0.05) is 19.1 Å². The zero-order chi connectivity index (χ0) is 13.5. The first kappa shape index (κ1) is 14.9. The van der Waals surface area contributed by atoms with E-state index in [1.54, 1.807) is 0 Å². The van der Waals surface area contributed by atoms with E-state index in [0.29, 0.717) is 13.2 Å². The lowest BCUT2D eigenvalue weighted by molar-refractivity contribution is -0.156. The Kier molecular flexibility index (Phi) is 6.07. The molecule has 1 amide bonds. The van der Waals surface area contributed by atoms with Crippen molar-refractivity contribution >= 4 is 11.9 Å². The van der Waals surface area contributed by atoms with Gasteiger partial charge in [0.05, 0.1) is 13.2 Å². The van der Waals surface area contributed by atoms with E-state index in [2.05, 4.69) is 12.2 Å². The van der Waals surface area contributed by atoms with Crippen molar-refractivity contribution < 1.29 is 19.4 Å². The Morgan fingerprint density at radius 1 is 1.56 bits per heavy atom. The number of carbonyl (C=O) groups is 2. The van der Waals surface area contributed by atoms with E-state index in [-0.39, 0.29) is 25.0 Å². The van der Waals surface area contributed by atoms with Crippen molar-refractivity contribution in [2.45, 2.75) is 38.8 Å². The number of ether oxygens (including phenoxy) is 1. The number of carboxylic acid groups (broad SMARTS) is 1. The summed E-state index contributed by atoms with van der Waals surface area (Å²) in [5.41, 5.74) is 0. The molecule has 0 aromatic rings. The predicted octanol–water partition coefficient (Wildman–Crippen LogP) is 0.0766. The van der Waals surface area contributed by atoms with Gasteiger partial charge in [0.1, 0.15) is 0 Å². The summed E-state index contributed by atoms with van der Waals surface area (Å²) in [6.07, 6.45) is 1.16. The van der Waals surface area contributed by atoms with E-state index < -0.39 is 12.1 Å². The van der Waals surface area contributed by atoms with Gasteiger partial charge in [0.15, 0.2) is 6.10 Å². The summed E-state index contributed by atoms with van der Waals surface area (Å²) in [6, 6.07) is 0.166. The van der Waals surface area contributed by atoms with Crippen molar-refractivity contribution in [3.05, 3.63) is 0 Å². The molecule has 2 unspecified atom stereocenters. The van der Waals surface area contributed by atoms with E-state index >= 15 is 0 Å². The highest BCUT2D eigenvalue weighted by molar-refractivity contribution is 5.78. The molecule has 2 atom stereocenters. The van der Waals surface area contributed by atoms with Crippen LogP contribution in [0.2, 0.25) is 0 Å². The molecule has 0 radical (unpaired) electrons. The molecular formula is C12H22N2O4. The van der Waals surface area contributed by atoms with Crippen LogP contribution < -0.4 is 5.32 Å². The maximum atomic E-state index is 11.7. The monoisotopic (exact) mass is 258 g/mol. The molecule has 104 valence electrons. The number of aliphatic carboxylic acids is 1. The van der Waals surface area contributed by atoms with Crippen LogP contribution in [0.5, 0.6) is 0 Å². The first-order valence-corrected chi connectivity index (χ1v) is 6.39. The number of nitrogens with one attached hydrogen (secondary N) is 1. The second-order valence-corrected chi connectivity index (χ2v) is 4.69. The van der Waals surface area contributed by atoms with Crippen LogP contribution in [0.3, 0.4) is 0 Å². The Morgan fingerprint density at radius 3 is 2.89 bits per heavy atom. The zero-order valence-electron chi connectivity index (χ0n) is 11.0. The fourth-order valence-corrected chi connectivity index (χ4v) is 2.02. The van der Waals surface area contributed by atoms with Crippen molar-refractivity contribution in [3.63, 3.8) is 0 Å². The molecule has 1 aliphatic rings. The lowest BCUT2D eigenvalue weighted by Gasteiger charge is -2.30. The number of carboxylic acids is 1. The quantitative estimate of drug-likeness (QED) is 0.705. The summed E-state index contributed by atoms with van der Waals surface area (Å²) in [4.78, 5) is 24.3. The molecule has 0 aromatic heterocycles. The summed E-state index contributed by atoms with van der Waals surface area (Å²) < 4.78 is 5.10. The first-order valence-electron chi connectivity index (χ1n) is 6.39. The second kappa shape index (κ2) is 7.33. The largest absolute Gasteiger partial charge is 0.479 e. The second-order valence-electron chi connectivity index (χ2n) is 4.69. The maximum absolute atomic E-state index is 11.7. The average molecular weight is 258 g/mol. The Balaban J connectivity index is 2.33. The first-order chi connectivity index (χ1) is 8.52. The molecule has 6 heteroatoms. The van der Waals surface area contributed by atoms with Crippen LogP contribution in [0.1, 0.15) is 26.7 Å². The minimum absolute atomic E-state index is 0.0537. The fourth-order valence-electron chi connectivity index (χ4n) is 2.02. The lowest BCUT2D eigenvalue weighted by atomic mass is 10.2. The zero-order valence-corrected chi connectivity index (χ0v) is 11.0. The van der Waals surface area contributed by atoms with Crippen LogP contribution in [-0.2, 0) is 14.3 Å². The molecule has 1 aliphatic heterocycles. The number of rotatable bonds is 6. The number of hydrogen-bond donors (Lipinski definition) is 2. The molecular weight excluding hydrogens is 236 g/mol. The van der Waals surface area contributed by atoms with E-state index in [4.69, 9.17) is 9.84 Å². The third-order valence-corrected chi connectivity index (χ3v) is 2.92. The van der Waals surface area contributed by atoms with Gasteiger partial charge >= 0.3 is 5.97 Å². The predicted molar refractivity (Wildman–Crippen MR) is 66.3 cm³/mol. The van der Waals surface area contributed by atoms with E-state index in [1.807, 2.05) is 11.8 Å². The van der Waals surface area contributed by atoms with Crippen molar-refractivity contribution in [2.24, 2.45) is 0 Å². The third kappa shape index (κ3) is 5.01. The Hall–Kier alpha value is -1.14. The SMILES string of the molecule is CCCC(C)NC(=O)CN1CCOC(C(=O)O)C1. The summed E-state index contributed by atoms with van der Waals surface area (Å²) in [7, 11) is 0. The Morgan fingerprint density at radius 2 is 2.28 bits per heavy atom. The van der Waals surface area contributed by atoms with Gasteiger partial charge in [0.25, 0.3) is 0 Å². The number of carbonyl (C=O) groups excluding carboxylic acids is 1. The Bertz CT molecular complexity index is 296. The topological polar surface area (TPSA) is 78.9 Å². The molecule has 6 nitrogen and oxygen atoms in total. The maximum Gasteiger partial charge on any atom is 0.334 e. The molecule has 18 heavy (non-hydrogen) atoms. The lowest BCUT2D eigenvalue weighted by Crippen LogP contribution is -2.50. The van der Waals surface area contributed by atoms with Crippen LogP contribution in [-0.4, -0.2) is 60.3 Å². The summed E-state index contributed by atoms with van der Waals surface area (Å²) in [5, 5.41) is 11.8. The van der Waals surface area contributed by atoms with Gasteiger partial charge in [0.2, 0.25) is 5.91 Å². The summed E-state index contributed by atoms with van der Waals surface area (Å²) >= 11 is 0. The average Bonchev–Trinajstić information content (AvgIpc) is 2.29. The summed E-state index contributed by atoms with van der Waals surface area (Å²) in [6.45, 7) is 5.50. The van der Waals surface area contributed by atoms with Crippen LogP contribution in [0.4, 0.5) is 0 Å². The molecule has 1 saturated heterocycles. The minimum atomic E-state index is -0.973. The smallest absolute Gasteiger partial charge is 0.334 e. The molecule has 1 heterocycles. The molecule has 0 aliphatic carbocycles. The number of hydrogen-bond acceptors (Lipinski definition) is 4. The van der Waals surface area contributed by atoms with Gasteiger partial charge in [-0.1, -0.05) is 13.3 Å². The molecule has 1 fully saturated rings. The fraction of sp³-hybridized carbons (Fsp3) is 0.833. The Labute approximate surface area is 107 Å². The molecule has 1 rings (SSSR count). The van der Waals surface area contributed by atoms with Crippen molar-refractivity contribution in [1.29, 1.82) is 0 Å². The molecule has 0 saturated carbocycles. The highest BCUT2D eigenvalue weighted by Gasteiger charge is 2.27. The van der Waals surface area contributed by atoms with Gasteiger partial charge in [-0.25, -0.2) is 4.79 Å². The highest BCUT2D eigenvalue weighted by atomic mass is 16.5. The van der Waals surface area contributed by atoms with E-state index in [9.17, 15) is 9.59 Å². The van der Waals surface area contributed by atoms with Gasteiger partial charge in [-0.2, -0.15) is 0 Å². The highest BCUT2D eigenvalue weighted by Crippen LogP contribution is 2.05. The van der Waals surface area contributed by atoms with E-state index in [1.165, 1.54) is 0 Å². The van der Waals surface area contributed by atoms with Crippen molar-refractivity contribution in [2.75, 3.05) is 26.2 Å². The van der Waals surface area contributed by atoms with Gasteiger partial charge in [-0.05, 0) is 13.3 Å². The van der Waals surface area contributed by atoms with Crippen LogP contribution in [0.25, 0.3) is 0 Å². The van der Waals surface area contributed by atoms with Crippen LogP contribution in [0.15, 0.2) is 0 Å². The summed E-state index contributed by atoms with van der Waals surface area (Å²) in [5.74, 6) is -1.03. The van der Waals surface area contributed by atoms with Gasteiger partial charge in [-0.15, -0.1) is 0 Å². The third-order valence-electron chi connectivity index (χ3n) is 2.92.